The van der Waals surface area contributed by atoms with Crippen molar-refractivity contribution in [2.24, 2.45) is 0 Å². The number of ether oxygens (including phenoxy) is 1. The van der Waals surface area contributed by atoms with Crippen LogP contribution in [0.15, 0.2) is 59.1 Å². The number of hydrogen-bond acceptors (Lipinski definition) is 5. The summed E-state index contributed by atoms with van der Waals surface area (Å²) in [6, 6.07) is 15.6. The van der Waals surface area contributed by atoms with E-state index in [2.05, 4.69) is 21.8 Å². The highest BCUT2D eigenvalue weighted by Crippen LogP contribution is 2.10. The molecule has 3 aromatic rings. The van der Waals surface area contributed by atoms with Crippen molar-refractivity contribution in [3.63, 3.8) is 0 Å². The van der Waals surface area contributed by atoms with E-state index < -0.39 is 11.9 Å². The summed E-state index contributed by atoms with van der Waals surface area (Å²) in [4.78, 5) is 11.4. The molecule has 0 saturated heterocycles. The van der Waals surface area contributed by atoms with Gasteiger partial charge in [0.2, 0.25) is 5.69 Å². The van der Waals surface area contributed by atoms with Crippen LogP contribution in [0.3, 0.4) is 0 Å². The molecule has 0 N–H and O–H groups in total. The number of para-hydroxylation sites is 1. The molecule has 0 bridgehead atoms. The number of rotatable bonds is 2. The molecule has 118 valence electrons. The predicted molar refractivity (Wildman–Crippen MR) is 81.2 cm³/mol. The Hall–Kier alpha value is -3.59. The molecular formula is C18H12N2O4. The standard InChI is InChI=1S/C18H12N2O4/c1-23-17(21)14-10-7-13(8-11-14)9-12-16-18(22)24-19-20(16)15-5-3-2-4-6-15/h2-8,10-11H,1H3. The van der Waals surface area contributed by atoms with Gasteiger partial charge in [0.25, 0.3) is 0 Å². The lowest BCUT2D eigenvalue weighted by Crippen LogP contribution is -2.35. The number of carbonyl (C=O) groups is 1. The summed E-state index contributed by atoms with van der Waals surface area (Å²) in [6.07, 6.45) is 0. The van der Waals surface area contributed by atoms with Gasteiger partial charge >= 0.3 is 11.7 Å². The van der Waals surface area contributed by atoms with Gasteiger partial charge in [-0.05, 0) is 28.9 Å². The molecule has 0 aliphatic carbocycles. The summed E-state index contributed by atoms with van der Waals surface area (Å²) >= 11 is 0. The molecule has 6 heteroatoms. The molecule has 3 rings (SSSR count). The van der Waals surface area contributed by atoms with Crippen LogP contribution in [-0.4, -0.2) is 18.4 Å². The average Bonchev–Trinajstić information content (AvgIpc) is 3.01. The van der Waals surface area contributed by atoms with Crippen LogP contribution >= 0.6 is 0 Å². The van der Waals surface area contributed by atoms with E-state index >= 15 is 0 Å². The molecule has 1 heterocycles. The third-order valence-electron chi connectivity index (χ3n) is 3.24. The lowest BCUT2D eigenvalue weighted by molar-refractivity contribution is -0.672. The zero-order chi connectivity index (χ0) is 16.9. The lowest BCUT2D eigenvalue weighted by Gasteiger charge is -1.97. The number of esters is 1. The van der Waals surface area contributed by atoms with Gasteiger partial charge in [0, 0.05) is 23.6 Å². The number of hydrogen-bond donors (Lipinski definition) is 0. The zero-order valence-corrected chi connectivity index (χ0v) is 12.7. The van der Waals surface area contributed by atoms with Crippen LogP contribution in [0.1, 0.15) is 21.6 Å². The molecular weight excluding hydrogens is 308 g/mol. The quantitative estimate of drug-likeness (QED) is 0.403. The molecule has 0 aliphatic rings. The third-order valence-corrected chi connectivity index (χ3v) is 3.24. The Bertz CT molecular complexity index is 919. The Morgan fingerprint density at radius 2 is 1.83 bits per heavy atom. The number of carbonyl (C=O) groups excluding carboxylic acids is 1. The van der Waals surface area contributed by atoms with Gasteiger partial charge in [-0.2, -0.15) is 0 Å². The topological polar surface area (TPSA) is 79.3 Å². The normalized spacial score (nSPS) is 9.88. The number of aromatic nitrogens is 2. The monoisotopic (exact) mass is 320 g/mol. The van der Waals surface area contributed by atoms with Crippen molar-refractivity contribution in [1.82, 2.24) is 5.27 Å². The van der Waals surface area contributed by atoms with Gasteiger partial charge in [0.15, 0.2) is 5.95 Å². The van der Waals surface area contributed by atoms with Crippen molar-refractivity contribution in [3.8, 4) is 23.5 Å². The number of nitrogens with zero attached hydrogens (tertiary/aromatic N) is 2. The summed E-state index contributed by atoms with van der Waals surface area (Å²) in [5, 5.41) is 15.5. The first-order chi connectivity index (χ1) is 11.7. The Morgan fingerprint density at radius 3 is 2.50 bits per heavy atom. The predicted octanol–water partition coefficient (Wildman–Crippen LogP) is 1.21. The highest BCUT2D eigenvalue weighted by molar-refractivity contribution is 5.89. The van der Waals surface area contributed by atoms with Crippen LogP contribution in [0.5, 0.6) is 5.95 Å². The molecule has 0 amide bonds. The van der Waals surface area contributed by atoms with Gasteiger partial charge in [-0.1, -0.05) is 24.1 Å². The van der Waals surface area contributed by atoms with E-state index in [1.54, 1.807) is 36.4 Å². The Balaban J connectivity index is 1.92. The number of methoxy groups -OCH3 is 1. The highest BCUT2D eigenvalue weighted by Gasteiger charge is 2.17. The lowest BCUT2D eigenvalue weighted by atomic mass is 10.1. The summed E-state index contributed by atoms with van der Waals surface area (Å²) in [6.45, 7) is 0. The van der Waals surface area contributed by atoms with Crippen molar-refractivity contribution in [2.75, 3.05) is 7.11 Å². The van der Waals surface area contributed by atoms with Gasteiger partial charge in [-0.15, -0.1) is 0 Å². The molecule has 0 fully saturated rings. The highest BCUT2D eigenvalue weighted by atomic mass is 16.6. The summed E-state index contributed by atoms with van der Waals surface area (Å²) in [7, 11) is 1.32. The molecule has 24 heavy (non-hydrogen) atoms. The summed E-state index contributed by atoms with van der Waals surface area (Å²) < 4.78 is 10.7. The fourth-order valence-electron chi connectivity index (χ4n) is 2.04. The minimum atomic E-state index is -0.613. The van der Waals surface area contributed by atoms with Crippen molar-refractivity contribution >= 4 is 5.97 Å². The second-order valence-corrected chi connectivity index (χ2v) is 4.78. The van der Waals surface area contributed by atoms with Gasteiger partial charge in [-0.3, -0.25) is 0 Å². The summed E-state index contributed by atoms with van der Waals surface area (Å²) in [5.41, 5.74) is 1.87. The second kappa shape index (κ2) is 6.67. The van der Waals surface area contributed by atoms with Crippen LogP contribution in [0.25, 0.3) is 5.69 Å². The number of benzene rings is 2. The van der Waals surface area contributed by atoms with E-state index in [4.69, 9.17) is 4.52 Å². The van der Waals surface area contributed by atoms with E-state index in [0.717, 1.165) is 0 Å². The molecule has 0 radical (unpaired) electrons. The zero-order valence-electron chi connectivity index (χ0n) is 12.7. The van der Waals surface area contributed by atoms with Crippen LogP contribution in [0.4, 0.5) is 0 Å². The first kappa shape index (κ1) is 15.3. The SMILES string of the molecule is COC(=O)c1ccc(C#Cc2c([O-])on[n+]2-c2ccccc2)cc1. The Labute approximate surface area is 137 Å². The molecule has 0 aliphatic heterocycles. The van der Waals surface area contributed by atoms with E-state index in [1.807, 2.05) is 18.2 Å². The van der Waals surface area contributed by atoms with Crippen LogP contribution < -0.4 is 9.79 Å². The smallest absolute Gasteiger partial charge is 0.337 e. The van der Waals surface area contributed by atoms with Gasteiger partial charge in [0.1, 0.15) is 0 Å². The van der Waals surface area contributed by atoms with Gasteiger partial charge < -0.3 is 14.4 Å². The first-order valence-electron chi connectivity index (χ1n) is 7.04. The van der Waals surface area contributed by atoms with Crippen molar-refractivity contribution < 1.29 is 23.8 Å². The molecule has 0 spiro atoms. The largest absolute Gasteiger partial charge is 0.538 e. The van der Waals surface area contributed by atoms with Gasteiger partial charge in [0.05, 0.1) is 17.9 Å². The fraction of sp³-hybridized carbons (Fsp3) is 0.0556. The molecule has 1 aromatic heterocycles. The minimum absolute atomic E-state index is 0.123. The van der Waals surface area contributed by atoms with E-state index in [0.29, 0.717) is 16.8 Å². The summed E-state index contributed by atoms with van der Waals surface area (Å²) in [5.74, 6) is 4.59. The average molecular weight is 320 g/mol. The van der Waals surface area contributed by atoms with Crippen molar-refractivity contribution in [2.45, 2.75) is 0 Å². The molecule has 0 atom stereocenters. The molecule has 2 aromatic carbocycles. The minimum Gasteiger partial charge on any atom is -0.538 e. The Morgan fingerprint density at radius 1 is 1.12 bits per heavy atom. The van der Waals surface area contributed by atoms with E-state index in [9.17, 15) is 9.90 Å². The molecule has 0 unspecified atom stereocenters. The fourth-order valence-corrected chi connectivity index (χ4v) is 2.04. The molecule has 0 saturated carbocycles. The maximum absolute atomic E-state index is 11.8. The van der Waals surface area contributed by atoms with Gasteiger partial charge in [-0.25, -0.2) is 4.79 Å². The third kappa shape index (κ3) is 3.10. The molecule has 6 nitrogen and oxygen atoms in total. The maximum atomic E-state index is 11.8. The van der Waals surface area contributed by atoms with Crippen LogP contribution in [0, 0.1) is 11.8 Å². The van der Waals surface area contributed by atoms with Crippen LogP contribution in [-0.2, 0) is 4.74 Å². The maximum Gasteiger partial charge on any atom is 0.337 e. The second-order valence-electron chi connectivity index (χ2n) is 4.78. The first-order valence-corrected chi connectivity index (χ1v) is 7.04. The van der Waals surface area contributed by atoms with E-state index in [-0.39, 0.29) is 5.69 Å². The van der Waals surface area contributed by atoms with Crippen LogP contribution in [0.2, 0.25) is 0 Å². The van der Waals surface area contributed by atoms with E-state index in [1.165, 1.54) is 11.8 Å². The van der Waals surface area contributed by atoms with Crippen molar-refractivity contribution in [1.29, 1.82) is 0 Å². The van der Waals surface area contributed by atoms with Crippen molar-refractivity contribution in [3.05, 3.63) is 71.4 Å². The Kier molecular flexibility index (Phi) is 4.25.